The Hall–Kier alpha value is -1.48. The molecule has 1 aromatic rings. The Bertz CT molecular complexity index is 344. The summed E-state index contributed by atoms with van der Waals surface area (Å²) in [7, 11) is 0. The quantitative estimate of drug-likeness (QED) is 0.446. The van der Waals surface area contributed by atoms with Gasteiger partial charge >= 0.3 is 0 Å². The van der Waals surface area contributed by atoms with Gasteiger partial charge in [-0.3, -0.25) is 9.59 Å². The van der Waals surface area contributed by atoms with Crippen LogP contribution in [0.1, 0.15) is 29.8 Å². The van der Waals surface area contributed by atoms with Gasteiger partial charge in [0.1, 0.15) is 0 Å². The molecule has 0 heterocycles. The van der Waals surface area contributed by atoms with Crippen LogP contribution < -0.4 is 0 Å². The van der Waals surface area contributed by atoms with Crippen LogP contribution in [0, 0.1) is 0 Å². The van der Waals surface area contributed by atoms with Crippen molar-refractivity contribution < 1.29 is 14.7 Å². The number of rotatable bonds is 3. The summed E-state index contributed by atoms with van der Waals surface area (Å²) in [4.78, 5) is 21.1. The first-order chi connectivity index (χ1) is 6.45. The maximum Gasteiger partial charge on any atom is 0.225 e. The second-order valence-electron chi connectivity index (χ2n) is 3.62. The Morgan fingerprint density at radius 3 is 2.14 bits per heavy atom. The first-order valence-corrected chi connectivity index (χ1v) is 4.27. The van der Waals surface area contributed by atoms with Crippen LogP contribution in [0.5, 0.6) is 0 Å². The lowest BCUT2D eigenvalue weighted by Gasteiger charge is -2.17. The summed E-state index contributed by atoms with van der Waals surface area (Å²) in [5.74, 6) is -0.549. The van der Waals surface area contributed by atoms with Crippen LogP contribution in [0.2, 0.25) is 0 Å². The number of ketones is 1. The van der Waals surface area contributed by atoms with Crippen LogP contribution in [0.25, 0.3) is 0 Å². The number of aliphatic hydroxyl groups is 1. The highest BCUT2D eigenvalue weighted by Crippen LogP contribution is 2.19. The van der Waals surface area contributed by atoms with E-state index in [1.54, 1.807) is 26.0 Å². The van der Waals surface area contributed by atoms with E-state index in [-0.39, 0.29) is 6.29 Å². The molecule has 0 saturated carbocycles. The van der Waals surface area contributed by atoms with Gasteiger partial charge in [0.2, 0.25) is 5.78 Å². The third-order valence-corrected chi connectivity index (χ3v) is 1.98. The summed E-state index contributed by atoms with van der Waals surface area (Å²) in [5.41, 5.74) is 0.121. The molecule has 3 nitrogen and oxygen atoms in total. The predicted octanol–water partition coefficient (Wildman–Crippen LogP) is 1.30. The minimum atomic E-state index is -0.928. The zero-order valence-electron chi connectivity index (χ0n) is 8.15. The topological polar surface area (TPSA) is 54.4 Å². The summed E-state index contributed by atoms with van der Waals surface area (Å²) in [6.07, 6.45) is 0.277. The van der Waals surface area contributed by atoms with Gasteiger partial charge in [0.25, 0.3) is 0 Å². The minimum Gasteiger partial charge on any atom is -0.386 e. The fraction of sp³-hybridized carbons (Fsp3) is 0.273. The molecule has 0 aliphatic heterocycles. The Balaban J connectivity index is 3.00. The van der Waals surface area contributed by atoms with Crippen molar-refractivity contribution in [2.75, 3.05) is 0 Å². The molecule has 0 radical (unpaired) electrons. The molecule has 0 fully saturated rings. The highest BCUT2D eigenvalue weighted by atomic mass is 16.3. The molecule has 0 saturated heterocycles. The highest BCUT2D eigenvalue weighted by molar-refractivity contribution is 6.33. The van der Waals surface area contributed by atoms with E-state index < -0.39 is 11.4 Å². The van der Waals surface area contributed by atoms with Crippen molar-refractivity contribution in [3.8, 4) is 0 Å². The van der Waals surface area contributed by atoms with E-state index in [0.29, 0.717) is 11.1 Å². The van der Waals surface area contributed by atoms with E-state index in [1.807, 2.05) is 0 Å². The summed E-state index contributed by atoms with van der Waals surface area (Å²) in [6, 6.07) is 6.33. The maximum absolute atomic E-state index is 10.9. The largest absolute Gasteiger partial charge is 0.386 e. The normalized spacial score (nSPS) is 11.1. The molecule has 74 valence electrons. The molecule has 0 aliphatic carbocycles. The van der Waals surface area contributed by atoms with Crippen molar-refractivity contribution in [1.82, 2.24) is 0 Å². The van der Waals surface area contributed by atoms with E-state index in [0.717, 1.165) is 0 Å². The molecule has 0 bridgehead atoms. The Kier molecular flexibility index (Phi) is 2.81. The molecule has 1 rings (SSSR count). The fourth-order valence-corrected chi connectivity index (χ4v) is 1.11. The van der Waals surface area contributed by atoms with Crippen LogP contribution in [-0.2, 0) is 10.4 Å². The van der Waals surface area contributed by atoms with Crippen molar-refractivity contribution in [1.29, 1.82) is 0 Å². The summed E-state index contributed by atoms with van der Waals surface area (Å²) in [6.45, 7) is 3.31. The van der Waals surface area contributed by atoms with Crippen molar-refractivity contribution in [3.63, 3.8) is 0 Å². The molecule has 0 amide bonds. The molecule has 3 heteroatoms. The van der Waals surface area contributed by atoms with Crippen LogP contribution in [0.4, 0.5) is 0 Å². The van der Waals surface area contributed by atoms with Crippen molar-refractivity contribution in [2.24, 2.45) is 0 Å². The van der Waals surface area contributed by atoms with Crippen molar-refractivity contribution in [2.45, 2.75) is 19.4 Å². The number of benzene rings is 1. The summed E-state index contributed by atoms with van der Waals surface area (Å²) < 4.78 is 0. The summed E-state index contributed by atoms with van der Waals surface area (Å²) >= 11 is 0. The number of carbonyl (C=O) groups is 2. The molecule has 0 unspecified atom stereocenters. The Morgan fingerprint density at radius 2 is 1.79 bits per heavy atom. The Labute approximate surface area is 82.4 Å². The molecular formula is C11H12O3. The number of hydrogen-bond donors (Lipinski definition) is 1. The standard InChI is InChI=1S/C11H12O3/c1-11(2,14)9-5-3-8(4-6-9)10(13)7-12/h3-7,14H,1-2H3. The average Bonchev–Trinajstić information content (AvgIpc) is 2.15. The van der Waals surface area contributed by atoms with Crippen LogP contribution in [0.15, 0.2) is 24.3 Å². The predicted molar refractivity (Wildman–Crippen MR) is 52.1 cm³/mol. The number of hydrogen-bond acceptors (Lipinski definition) is 3. The van der Waals surface area contributed by atoms with E-state index in [4.69, 9.17) is 0 Å². The lowest BCUT2D eigenvalue weighted by atomic mass is 9.97. The molecule has 0 aliphatic rings. The molecular weight excluding hydrogens is 180 g/mol. The van der Waals surface area contributed by atoms with E-state index in [2.05, 4.69) is 0 Å². The third-order valence-electron chi connectivity index (χ3n) is 1.98. The van der Waals surface area contributed by atoms with Gasteiger partial charge < -0.3 is 5.11 Å². The highest BCUT2D eigenvalue weighted by Gasteiger charge is 2.15. The fourth-order valence-electron chi connectivity index (χ4n) is 1.11. The third kappa shape index (κ3) is 2.26. The van der Waals surface area contributed by atoms with Crippen LogP contribution >= 0.6 is 0 Å². The SMILES string of the molecule is CC(C)(O)c1ccc(C(=O)C=O)cc1. The number of Topliss-reactive ketones (excluding diaryl/α,β-unsaturated/α-hetero) is 1. The summed E-state index contributed by atoms with van der Waals surface area (Å²) in [5, 5.41) is 9.62. The molecule has 14 heavy (non-hydrogen) atoms. The zero-order valence-corrected chi connectivity index (χ0v) is 8.15. The van der Waals surface area contributed by atoms with Gasteiger partial charge in [0.05, 0.1) is 5.60 Å². The molecule has 0 spiro atoms. The van der Waals surface area contributed by atoms with Gasteiger partial charge in [-0.1, -0.05) is 24.3 Å². The van der Waals surface area contributed by atoms with Gasteiger partial charge in [-0.05, 0) is 19.4 Å². The van der Waals surface area contributed by atoms with Crippen molar-refractivity contribution in [3.05, 3.63) is 35.4 Å². The van der Waals surface area contributed by atoms with E-state index in [1.165, 1.54) is 12.1 Å². The molecule has 1 N–H and O–H groups in total. The molecule has 1 aromatic carbocycles. The maximum atomic E-state index is 10.9. The zero-order chi connectivity index (χ0) is 10.8. The van der Waals surface area contributed by atoms with Gasteiger partial charge in [0, 0.05) is 5.56 Å². The van der Waals surface area contributed by atoms with Gasteiger partial charge in [0.15, 0.2) is 6.29 Å². The number of aldehydes is 1. The van der Waals surface area contributed by atoms with Crippen molar-refractivity contribution >= 4 is 12.1 Å². The first-order valence-electron chi connectivity index (χ1n) is 4.27. The second kappa shape index (κ2) is 3.72. The minimum absolute atomic E-state index is 0.277. The van der Waals surface area contributed by atoms with E-state index >= 15 is 0 Å². The van der Waals surface area contributed by atoms with Gasteiger partial charge in [-0.2, -0.15) is 0 Å². The van der Waals surface area contributed by atoms with Gasteiger partial charge in [-0.25, -0.2) is 0 Å². The lowest BCUT2D eigenvalue weighted by Crippen LogP contribution is -2.15. The van der Waals surface area contributed by atoms with Gasteiger partial charge in [-0.15, -0.1) is 0 Å². The van der Waals surface area contributed by atoms with Crippen LogP contribution in [-0.4, -0.2) is 17.2 Å². The smallest absolute Gasteiger partial charge is 0.225 e. The first kappa shape index (κ1) is 10.6. The molecule has 0 aromatic heterocycles. The Morgan fingerprint density at radius 1 is 1.29 bits per heavy atom. The monoisotopic (exact) mass is 192 g/mol. The van der Waals surface area contributed by atoms with E-state index in [9.17, 15) is 14.7 Å². The number of carbonyl (C=O) groups excluding carboxylic acids is 2. The average molecular weight is 192 g/mol. The lowest BCUT2D eigenvalue weighted by molar-refractivity contribution is -0.104. The second-order valence-corrected chi connectivity index (χ2v) is 3.62. The molecule has 0 atom stereocenters. The van der Waals surface area contributed by atoms with Crippen LogP contribution in [0.3, 0.4) is 0 Å².